The Morgan fingerprint density at radius 1 is 1.50 bits per heavy atom. The molecule has 1 N–H and O–H groups in total. The van der Waals surface area contributed by atoms with Crippen molar-refractivity contribution in [1.82, 2.24) is 0 Å². The average molecular weight is 229 g/mol. The Bertz CT molecular complexity index is 332. The van der Waals surface area contributed by atoms with Crippen molar-refractivity contribution in [2.45, 2.75) is 13.8 Å². The fourth-order valence-corrected chi connectivity index (χ4v) is 1.67. The first-order valence-corrected chi connectivity index (χ1v) is 4.31. The molecule has 0 unspecified atom stereocenters. The molecule has 0 aliphatic heterocycles. The van der Waals surface area contributed by atoms with Gasteiger partial charge >= 0.3 is 0 Å². The molecule has 12 heavy (non-hydrogen) atoms. The van der Waals surface area contributed by atoms with E-state index in [1.807, 2.05) is 0 Å². The minimum Gasteiger partial charge on any atom is -0.508 e. The fourth-order valence-electron chi connectivity index (χ4n) is 0.931. The highest BCUT2D eigenvalue weighted by Crippen LogP contribution is 2.25. The van der Waals surface area contributed by atoms with Gasteiger partial charge in [-0.3, -0.25) is 4.79 Å². The topological polar surface area (TPSA) is 37.3 Å². The zero-order valence-electron chi connectivity index (χ0n) is 6.89. The largest absolute Gasteiger partial charge is 0.508 e. The lowest BCUT2D eigenvalue weighted by Crippen LogP contribution is -1.93. The number of aromatic hydroxyl groups is 1. The summed E-state index contributed by atoms with van der Waals surface area (Å²) < 4.78 is 0.727. The van der Waals surface area contributed by atoms with E-state index in [1.54, 1.807) is 13.0 Å². The summed E-state index contributed by atoms with van der Waals surface area (Å²) in [6, 6.07) is 3.20. The van der Waals surface area contributed by atoms with Crippen LogP contribution in [0.25, 0.3) is 0 Å². The lowest BCUT2D eigenvalue weighted by Gasteiger charge is -2.03. The van der Waals surface area contributed by atoms with E-state index in [9.17, 15) is 9.90 Å². The molecule has 2 nitrogen and oxygen atoms in total. The van der Waals surface area contributed by atoms with Gasteiger partial charge in [0.25, 0.3) is 0 Å². The SMILES string of the molecule is CC(=O)c1cc(O)c(C)cc1Br. The van der Waals surface area contributed by atoms with Crippen LogP contribution in [0.4, 0.5) is 0 Å². The second-order valence-electron chi connectivity index (χ2n) is 2.67. The van der Waals surface area contributed by atoms with Crippen molar-refractivity contribution in [2.24, 2.45) is 0 Å². The highest BCUT2D eigenvalue weighted by molar-refractivity contribution is 9.10. The first-order chi connectivity index (χ1) is 5.52. The summed E-state index contributed by atoms with van der Waals surface area (Å²) >= 11 is 3.25. The van der Waals surface area contributed by atoms with Crippen LogP contribution in [0.15, 0.2) is 16.6 Å². The highest BCUT2D eigenvalue weighted by Gasteiger charge is 2.07. The van der Waals surface area contributed by atoms with E-state index in [0.717, 1.165) is 10.0 Å². The molecule has 0 aliphatic carbocycles. The number of ketones is 1. The van der Waals surface area contributed by atoms with E-state index in [2.05, 4.69) is 15.9 Å². The van der Waals surface area contributed by atoms with E-state index < -0.39 is 0 Å². The van der Waals surface area contributed by atoms with Crippen molar-refractivity contribution < 1.29 is 9.90 Å². The van der Waals surface area contributed by atoms with Crippen LogP contribution in [-0.2, 0) is 0 Å². The van der Waals surface area contributed by atoms with Gasteiger partial charge in [0.1, 0.15) is 5.75 Å². The predicted molar refractivity (Wildman–Crippen MR) is 50.5 cm³/mol. The third-order valence-electron chi connectivity index (χ3n) is 1.66. The molecule has 0 atom stereocenters. The molecular formula is C9H9BrO2. The quantitative estimate of drug-likeness (QED) is 0.751. The van der Waals surface area contributed by atoms with Crippen LogP contribution in [0.3, 0.4) is 0 Å². The van der Waals surface area contributed by atoms with Crippen LogP contribution in [0, 0.1) is 6.92 Å². The van der Waals surface area contributed by atoms with Gasteiger partial charge in [-0.1, -0.05) is 15.9 Å². The molecule has 0 radical (unpaired) electrons. The van der Waals surface area contributed by atoms with Crippen molar-refractivity contribution in [1.29, 1.82) is 0 Å². The molecule has 1 rings (SSSR count). The van der Waals surface area contributed by atoms with Crippen LogP contribution >= 0.6 is 15.9 Å². The summed E-state index contributed by atoms with van der Waals surface area (Å²) in [7, 11) is 0. The zero-order valence-corrected chi connectivity index (χ0v) is 8.47. The van der Waals surface area contributed by atoms with Crippen LogP contribution in [0.1, 0.15) is 22.8 Å². The first kappa shape index (κ1) is 9.26. The molecule has 0 aromatic heterocycles. The second kappa shape index (κ2) is 3.27. The van der Waals surface area contributed by atoms with Crippen molar-refractivity contribution in [3.8, 4) is 5.75 Å². The van der Waals surface area contributed by atoms with E-state index in [0.29, 0.717) is 5.56 Å². The molecule has 0 bridgehead atoms. The number of rotatable bonds is 1. The average Bonchev–Trinajstić information content (AvgIpc) is 1.96. The second-order valence-corrected chi connectivity index (χ2v) is 3.53. The molecule has 1 aromatic rings. The number of carbonyl (C=O) groups excluding carboxylic acids is 1. The lowest BCUT2D eigenvalue weighted by molar-refractivity contribution is 0.101. The van der Waals surface area contributed by atoms with Crippen molar-refractivity contribution in [3.63, 3.8) is 0 Å². The first-order valence-electron chi connectivity index (χ1n) is 3.52. The third-order valence-corrected chi connectivity index (χ3v) is 2.32. The molecule has 0 fully saturated rings. The molecule has 0 saturated carbocycles. The summed E-state index contributed by atoms with van der Waals surface area (Å²) in [5, 5.41) is 9.30. The van der Waals surface area contributed by atoms with Crippen LogP contribution < -0.4 is 0 Å². The molecule has 0 spiro atoms. The molecule has 64 valence electrons. The number of hydrogen-bond acceptors (Lipinski definition) is 2. The number of phenolic OH excluding ortho intramolecular Hbond substituents is 1. The summed E-state index contributed by atoms with van der Waals surface area (Å²) in [6.07, 6.45) is 0. The number of aryl methyl sites for hydroxylation is 1. The summed E-state index contributed by atoms with van der Waals surface area (Å²) in [4.78, 5) is 11.0. The van der Waals surface area contributed by atoms with Gasteiger partial charge in [-0.25, -0.2) is 0 Å². The number of Topliss-reactive ketones (excluding diaryl/α,β-unsaturated/α-hetero) is 1. The maximum Gasteiger partial charge on any atom is 0.161 e. The normalized spacial score (nSPS) is 9.92. The highest BCUT2D eigenvalue weighted by atomic mass is 79.9. The molecule has 0 saturated heterocycles. The van der Waals surface area contributed by atoms with E-state index in [4.69, 9.17) is 0 Å². The maximum absolute atomic E-state index is 11.0. The van der Waals surface area contributed by atoms with Crippen LogP contribution in [0.5, 0.6) is 5.75 Å². The Morgan fingerprint density at radius 2 is 2.08 bits per heavy atom. The van der Waals surface area contributed by atoms with Gasteiger partial charge in [-0.05, 0) is 31.5 Å². The fraction of sp³-hybridized carbons (Fsp3) is 0.222. The zero-order chi connectivity index (χ0) is 9.30. The minimum absolute atomic E-state index is 0.0582. The number of hydrogen-bond donors (Lipinski definition) is 1. The molecule has 0 heterocycles. The van der Waals surface area contributed by atoms with Crippen molar-refractivity contribution in [3.05, 3.63) is 27.7 Å². The van der Waals surface area contributed by atoms with Gasteiger partial charge in [0.2, 0.25) is 0 Å². The Morgan fingerprint density at radius 3 is 2.58 bits per heavy atom. The van der Waals surface area contributed by atoms with Gasteiger partial charge in [0, 0.05) is 10.0 Å². The third kappa shape index (κ3) is 1.67. The van der Waals surface area contributed by atoms with E-state index in [-0.39, 0.29) is 11.5 Å². The Hall–Kier alpha value is -0.830. The van der Waals surface area contributed by atoms with Gasteiger partial charge in [0.05, 0.1) is 0 Å². The Labute approximate surface area is 79.3 Å². The number of benzene rings is 1. The molecule has 0 aliphatic rings. The summed E-state index contributed by atoms with van der Waals surface area (Å²) in [5.74, 6) is 0.0978. The van der Waals surface area contributed by atoms with Gasteiger partial charge in [0.15, 0.2) is 5.78 Å². The van der Waals surface area contributed by atoms with Crippen molar-refractivity contribution in [2.75, 3.05) is 0 Å². The van der Waals surface area contributed by atoms with Crippen molar-refractivity contribution >= 4 is 21.7 Å². The number of carbonyl (C=O) groups is 1. The Kier molecular flexibility index (Phi) is 2.52. The van der Waals surface area contributed by atoms with Gasteiger partial charge < -0.3 is 5.11 Å². The standard InChI is InChI=1S/C9H9BrO2/c1-5-3-8(10)7(6(2)11)4-9(5)12/h3-4,12H,1-2H3. The smallest absolute Gasteiger partial charge is 0.161 e. The van der Waals surface area contributed by atoms with Crippen LogP contribution in [-0.4, -0.2) is 10.9 Å². The van der Waals surface area contributed by atoms with Gasteiger partial charge in [-0.15, -0.1) is 0 Å². The molecular weight excluding hydrogens is 220 g/mol. The van der Waals surface area contributed by atoms with E-state index >= 15 is 0 Å². The molecule has 0 amide bonds. The summed E-state index contributed by atoms with van der Waals surface area (Å²) in [6.45, 7) is 3.25. The summed E-state index contributed by atoms with van der Waals surface area (Å²) in [5.41, 5.74) is 1.27. The number of phenols is 1. The molecule has 1 aromatic carbocycles. The monoisotopic (exact) mass is 228 g/mol. The maximum atomic E-state index is 11.0. The lowest BCUT2D eigenvalue weighted by atomic mass is 10.1. The Balaban J connectivity index is 3.33. The number of halogens is 1. The van der Waals surface area contributed by atoms with Crippen LogP contribution in [0.2, 0.25) is 0 Å². The van der Waals surface area contributed by atoms with Gasteiger partial charge in [-0.2, -0.15) is 0 Å². The predicted octanol–water partition coefficient (Wildman–Crippen LogP) is 2.67. The minimum atomic E-state index is -0.0582. The molecule has 3 heteroatoms. The van der Waals surface area contributed by atoms with E-state index in [1.165, 1.54) is 13.0 Å².